The highest BCUT2D eigenvalue weighted by Gasteiger charge is 2.52. The topological polar surface area (TPSA) is 33.2 Å². The van der Waals surface area contributed by atoms with Gasteiger partial charge >= 0.3 is 0 Å². The van der Waals surface area contributed by atoms with E-state index in [1.54, 1.807) is 0 Å². The first-order chi connectivity index (χ1) is 11.0. The standard InChI is InChI=1S/C20H24N2O/c1-20(2,3)14-9-10-15-17(12-14)22(19(15)23)16-8-4-6-13-7-5-11-21-18(13)16/h4-8,11,14-15,17H,9-10,12H2,1-3H3/t14?,15-,17+/m0/s1. The molecule has 1 aliphatic heterocycles. The molecule has 120 valence electrons. The second kappa shape index (κ2) is 5.05. The summed E-state index contributed by atoms with van der Waals surface area (Å²) in [5.74, 6) is 1.20. The van der Waals surface area contributed by atoms with E-state index in [-0.39, 0.29) is 5.92 Å². The van der Waals surface area contributed by atoms with Crippen LogP contribution in [-0.4, -0.2) is 16.9 Å². The number of rotatable bonds is 1. The van der Waals surface area contributed by atoms with Crippen LogP contribution in [0.1, 0.15) is 40.0 Å². The van der Waals surface area contributed by atoms with Gasteiger partial charge < -0.3 is 4.90 Å². The molecule has 3 atom stereocenters. The van der Waals surface area contributed by atoms with Crippen molar-refractivity contribution in [2.45, 2.75) is 46.1 Å². The van der Waals surface area contributed by atoms with Crippen molar-refractivity contribution in [3.63, 3.8) is 0 Å². The van der Waals surface area contributed by atoms with E-state index in [4.69, 9.17) is 0 Å². The first-order valence-corrected chi connectivity index (χ1v) is 8.63. The van der Waals surface area contributed by atoms with Crippen LogP contribution in [-0.2, 0) is 4.79 Å². The van der Waals surface area contributed by atoms with Crippen molar-refractivity contribution in [1.29, 1.82) is 0 Å². The van der Waals surface area contributed by atoms with Crippen LogP contribution in [0.5, 0.6) is 0 Å². The van der Waals surface area contributed by atoms with Gasteiger partial charge in [-0.15, -0.1) is 0 Å². The molecule has 1 aliphatic carbocycles. The van der Waals surface area contributed by atoms with Gasteiger partial charge in [-0.1, -0.05) is 39.0 Å². The number of amides is 1. The zero-order chi connectivity index (χ0) is 16.2. The number of carbonyl (C=O) groups excluding carboxylic acids is 1. The van der Waals surface area contributed by atoms with Crippen LogP contribution in [0.3, 0.4) is 0 Å². The lowest BCUT2D eigenvalue weighted by atomic mass is 9.64. The molecule has 2 aromatic rings. The summed E-state index contributed by atoms with van der Waals surface area (Å²) in [6.07, 6.45) is 5.15. The van der Waals surface area contributed by atoms with Crippen molar-refractivity contribution in [2.24, 2.45) is 17.3 Å². The minimum Gasteiger partial charge on any atom is -0.306 e. The van der Waals surface area contributed by atoms with Crippen molar-refractivity contribution >= 4 is 22.5 Å². The monoisotopic (exact) mass is 308 g/mol. The number of para-hydroxylation sites is 1. The molecule has 2 fully saturated rings. The van der Waals surface area contributed by atoms with Crippen LogP contribution in [0.2, 0.25) is 0 Å². The lowest BCUT2D eigenvalue weighted by Crippen LogP contribution is -2.64. The van der Waals surface area contributed by atoms with E-state index in [0.717, 1.165) is 29.4 Å². The van der Waals surface area contributed by atoms with E-state index in [9.17, 15) is 4.79 Å². The number of anilines is 1. The van der Waals surface area contributed by atoms with Crippen LogP contribution in [0.15, 0.2) is 36.5 Å². The molecular weight excluding hydrogens is 284 g/mol. The zero-order valence-electron chi connectivity index (χ0n) is 14.1. The fourth-order valence-corrected chi connectivity index (χ4v) is 4.35. The Morgan fingerprint density at radius 1 is 1.13 bits per heavy atom. The molecule has 1 amide bonds. The van der Waals surface area contributed by atoms with Gasteiger partial charge in [0, 0.05) is 17.6 Å². The molecule has 0 N–H and O–H groups in total. The molecule has 0 spiro atoms. The van der Waals surface area contributed by atoms with Crippen LogP contribution in [0.25, 0.3) is 10.9 Å². The Kier molecular flexibility index (Phi) is 3.22. The molecule has 2 aliphatic rings. The fourth-order valence-electron chi connectivity index (χ4n) is 4.35. The van der Waals surface area contributed by atoms with Gasteiger partial charge in [-0.2, -0.15) is 0 Å². The lowest BCUT2D eigenvalue weighted by Gasteiger charge is -2.53. The van der Waals surface area contributed by atoms with E-state index in [1.165, 1.54) is 6.42 Å². The SMILES string of the molecule is CC(C)(C)C1CC[C@@H]2C(=O)N(c3cccc4cccnc34)[C@@H]2C1. The summed E-state index contributed by atoms with van der Waals surface area (Å²) in [7, 11) is 0. The molecule has 1 unspecified atom stereocenters. The summed E-state index contributed by atoms with van der Waals surface area (Å²) in [6.45, 7) is 6.97. The summed E-state index contributed by atoms with van der Waals surface area (Å²) >= 11 is 0. The number of pyridine rings is 1. The molecule has 2 heterocycles. The third-order valence-electron chi connectivity index (χ3n) is 5.80. The second-order valence-electron chi connectivity index (χ2n) is 8.11. The Balaban J connectivity index is 1.70. The number of fused-ring (bicyclic) bond motifs is 2. The Morgan fingerprint density at radius 3 is 2.70 bits per heavy atom. The fraction of sp³-hybridized carbons (Fsp3) is 0.500. The number of hydrogen-bond acceptors (Lipinski definition) is 2. The minimum absolute atomic E-state index is 0.229. The number of benzene rings is 1. The Bertz CT molecular complexity index is 756. The molecular formula is C20H24N2O. The third kappa shape index (κ3) is 2.25. The van der Waals surface area contributed by atoms with Gasteiger partial charge in [-0.25, -0.2) is 0 Å². The molecule has 1 saturated heterocycles. The van der Waals surface area contributed by atoms with Gasteiger partial charge in [0.1, 0.15) is 0 Å². The number of aromatic nitrogens is 1. The van der Waals surface area contributed by atoms with Gasteiger partial charge in [0.25, 0.3) is 0 Å². The molecule has 1 saturated carbocycles. The van der Waals surface area contributed by atoms with E-state index in [0.29, 0.717) is 23.3 Å². The Hall–Kier alpha value is -1.90. The summed E-state index contributed by atoms with van der Waals surface area (Å²) in [6, 6.07) is 10.5. The lowest BCUT2D eigenvalue weighted by molar-refractivity contribution is -0.133. The minimum atomic E-state index is 0.229. The van der Waals surface area contributed by atoms with Crippen molar-refractivity contribution in [3.05, 3.63) is 36.5 Å². The predicted molar refractivity (Wildman–Crippen MR) is 93.3 cm³/mol. The molecule has 1 aromatic heterocycles. The Morgan fingerprint density at radius 2 is 1.91 bits per heavy atom. The maximum Gasteiger partial charge on any atom is 0.232 e. The average molecular weight is 308 g/mol. The van der Waals surface area contributed by atoms with E-state index >= 15 is 0 Å². The van der Waals surface area contributed by atoms with Crippen molar-refractivity contribution in [3.8, 4) is 0 Å². The quantitative estimate of drug-likeness (QED) is 0.731. The zero-order valence-corrected chi connectivity index (χ0v) is 14.1. The van der Waals surface area contributed by atoms with E-state index < -0.39 is 0 Å². The van der Waals surface area contributed by atoms with Crippen LogP contribution < -0.4 is 4.90 Å². The van der Waals surface area contributed by atoms with Crippen molar-refractivity contribution in [2.75, 3.05) is 4.90 Å². The number of hydrogen-bond donors (Lipinski definition) is 0. The van der Waals surface area contributed by atoms with Crippen molar-refractivity contribution < 1.29 is 4.79 Å². The second-order valence-corrected chi connectivity index (χ2v) is 8.11. The molecule has 23 heavy (non-hydrogen) atoms. The molecule has 0 radical (unpaired) electrons. The van der Waals surface area contributed by atoms with Crippen molar-refractivity contribution in [1.82, 2.24) is 4.98 Å². The van der Waals surface area contributed by atoms with Crippen LogP contribution >= 0.6 is 0 Å². The van der Waals surface area contributed by atoms with Gasteiger partial charge in [0.15, 0.2) is 0 Å². The highest BCUT2D eigenvalue weighted by molar-refractivity contribution is 6.08. The van der Waals surface area contributed by atoms with Crippen LogP contribution in [0, 0.1) is 17.3 Å². The largest absolute Gasteiger partial charge is 0.306 e. The molecule has 4 rings (SSSR count). The highest BCUT2D eigenvalue weighted by Crippen LogP contribution is 2.48. The summed E-state index contributed by atoms with van der Waals surface area (Å²) in [4.78, 5) is 19.3. The maximum absolute atomic E-state index is 12.7. The average Bonchev–Trinajstić information content (AvgIpc) is 2.53. The highest BCUT2D eigenvalue weighted by atomic mass is 16.2. The Labute approximate surface area is 137 Å². The molecule has 3 nitrogen and oxygen atoms in total. The molecule has 0 bridgehead atoms. The van der Waals surface area contributed by atoms with Gasteiger partial charge in [0.05, 0.1) is 17.1 Å². The molecule has 3 heteroatoms. The number of β-lactam (4-membered cyclic amide) rings is 1. The first-order valence-electron chi connectivity index (χ1n) is 8.63. The summed E-state index contributed by atoms with van der Waals surface area (Å²) in [5, 5.41) is 1.10. The number of nitrogens with zero attached hydrogens (tertiary/aromatic N) is 2. The first kappa shape index (κ1) is 14.7. The predicted octanol–water partition coefficient (Wildman–Crippen LogP) is 4.41. The van der Waals surface area contributed by atoms with Gasteiger partial charge in [-0.3, -0.25) is 9.78 Å². The van der Waals surface area contributed by atoms with Gasteiger partial charge in [0.2, 0.25) is 5.91 Å². The summed E-state index contributed by atoms with van der Waals surface area (Å²) in [5.41, 5.74) is 2.25. The number of carbonyl (C=O) groups is 1. The maximum atomic E-state index is 12.7. The van der Waals surface area contributed by atoms with E-state index in [2.05, 4.69) is 37.9 Å². The third-order valence-corrected chi connectivity index (χ3v) is 5.80. The van der Waals surface area contributed by atoms with Gasteiger partial charge in [-0.05, 0) is 42.7 Å². The van der Waals surface area contributed by atoms with E-state index in [1.807, 2.05) is 29.3 Å². The smallest absolute Gasteiger partial charge is 0.232 e. The summed E-state index contributed by atoms with van der Waals surface area (Å²) < 4.78 is 0. The molecule has 1 aromatic carbocycles. The van der Waals surface area contributed by atoms with Crippen LogP contribution in [0.4, 0.5) is 5.69 Å². The normalized spacial score (nSPS) is 27.7.